The van der Waals surface area contributed by atoms with E-state index in [1.54, 1.807) is 10.9 Å². The number of nitrogens with zero attached hydrogens (tertiary/aromatic N) is 4. The summed E-state index contributed by atoms with van der Waals surface area (Å²) in [5, 5.41) is 12.6. The van der Waals surface area contributed by atoms with Crippen molar-refractivity contribution in [2.45, 2.75) is 6.92 Å². The van der Waals surface area contributed by atoms with Crippen LogP contribution in [0.15, 0.2) is 46.4 Å². The zero-order valence-electron chi connectivity index (χ0n) is 9.24. The third-order valence-electron chi connectivity index (χ3n) is 2.55. The van der Waals surface area contributed by atoms with Crippen LogP contribution in [0.2, 0.25) is 0 Å². The van der Waals surface area contributed by atoms with E-state index in [4.69, 9.17) is 4.42 Å². The van der Waals surface area contributed by atoms with Gasteiger partial charge in [-0.3, -0.25) is 0 Å². The van der Waals surface area contributed by atoms with Gasteiger partial charge in [0.25, 0.3) is 0 Å². The molecule has 0 aliphatic heterocycles. The van der Waals surface area contributed by atoms with Crippen LogP contribution in [0.3, 0.4) is 0 Å². The first-order valence-corrected chi connectivity index (χ1v) is 5.22. The molecule has 17 heavy (non-hydrogen) atoms. The van der Waals surface area contributed by atoms with E-state index in [0.717, 1.165) is 22.3 Å². The van der Waals surface area contributed by atoms with E-state index in [9.17, 15) is 0 Å². The van der Waals surface area contributed by atoms with Crippen LogP contribution in [-0.2, 0) is 0 Å². The second kappa shape index (κ2) is 3.86. The van der Waals surface area contributed by atoms with E-state index >= 15 is 0 Å². The Kier molecular flexibility index (Phi) is 2.22. The molecule has 3 rings (SSSR count). The fraction of sp³-hybridized carbons (Fsp3) is 0.0833. The average molecular weight is 226 g/mol. The molecule has 2 heterocycles. The molecule has 0 saturated heterocycles. The molecular formula is C12H10N4O. The Morgan fingerprint density at radius 3 is 2.82 bits per heavy atom. The van der Waals surface area contributed by atoms with Gasteiger partial charge in [0.1, 0.15) is 24.0 Å². The molecule has 5 nitrogen and oxygen atoms in total. The Morgan fingerprint density at radius 1 is 1.24 bits per heavy atom. The average Bonchev–Trinajstić information content (AvgIpc) is 2.93. The van der Waals surface area contributed by atoms with Crippen LogP contribution >= 0.6 is 0 Å². The van der Waals surface area contributed by atoms with E-state index in [2.05, 4.69) is 15.3 Å². The first-order valence-electron chi connectivity index (χ1n) is 5.22. The Labute approximate surface area is 97.4 Å². The molecule has 0 bridgehead atoms. The summed E-state index contributed by atoms with van der Waals surface area (Å²) in [4.78, 5) is 0. The summed E-state index contributed by atoms with van der Waals surface area (Å²) in [6.07, 6.45) is 4.83. The molecule has 0 spiro atoms. The molecule has 0 aliphatic rings. The van der Waals surface area contributed by atoms with Gasteiger partial charge in [0, 0.05) is 10.9 Å². The standard InChI is InChI=1S/C12H10N4O/c1-9-11(6-15-16-7-13-14-8-16)10-4-2-3-5-12(10)17-9/h2-8H,1H3/b15-6+. The van der Waals surface area contributed by atoms with Gasteiger partial charge in [-0.25, -0.2) is 4.68 Å². The van der Waals surface area contributed by atoms with Crippen LogP contribution in [0.25, 0.3) is 11.0 Å². The molecule has 0 radical (unpaired) electrons. The van der Waals surface area contributed by atoms with Crippen molar-refractivity contribution in [2.75, 3.05) is 0 Å². The van der Waals surface area contributed by atoms with Gasteiger partial charge in [0.05, 0.1) is 6.21 Å². The summed E-state index contributed by atoms with van der Waals surface area (Å²) >= 11 is 0. The lowest BCUT2D eigenvalue weighted by Crippen LogP contribution is -1.87. The fourth-order valence-electron chi connectivity index (χ4n) is 1.73. The highest BCUT2D eigenvalue weighted by atomic mass is 16.3. The van der Waals surface area contributed by atoms with Crippen LogP contribution < -0.4 is 0 Å². The van der Waals surface area contributed by atoms with Crippen molar-refractivity contribution in [3.63, 3.8) is 0 Å². The fourth-order valence-corrected chi connectivity index (χ4v) is 1.73. The van der Waals surface area contributed by atoms with Crippen molar-refractivity contribution in [2.24, 2.45) is 5.10 Å². The third kappa shape index (κ3) is 1.71. The van der Waals surface area contributed by atoms with Gasteiger partial charge >= 0.3 is 0 Å². The number of aryl methyl sites for hydroxylation is 1. The van der Waals surface area contributed by atoms with Crippen molar-refractivity contribution in [1.29, 1.82) is 0 Å². The summed E-state index contributed by atoms with van der Waals surface area (Å²) < 4.78 is 7.18. The van der Waals surface area contributed by atoms with Crippen molar-refractivity contribution in [3.05, 3.63) is 48.2 Å². The molecule has 84 valence electrons. The quantitative estimate of drug-likeness (QED) is 0.629. The Bertz CT molecular complexity index is 667. The summed E-state index contributed by atoms with van der Waals surface area (Å²) in [5.74, 6) is 0.850. The number of para-hydroxylation sites is 1. The Balaban J connectivity index is 2.08. The van der Waals surface area contributed by atoms with Gasteiger partial charge in [-0.05, 0) is 13.0 Å². The maximum absolute atomic E-state index is 5.64. The van der Waals surface area contributed by atoms with Crippen LogP contribution in [-0.4, -0.2) is 21.1 Å². The molecule has 0 aliphatic carbocycles. The van der Waals surface area contributed by atoms with Crippen molar-refractivity contribution >= 4 is 17.2 Å². The minimum Gasteiger partial charge on any atom is -0.461 e. The van der Waals surface area contributed by atoms with E-state index in [-0.39, 0.29) is 0 Å². The van der Waals surface area contributed by atoms with E-state index in [0.29, 0.717) is 0 Å². The molecule has 0 fully saturated rings. The predicted octanol–water partition coefficient (Wildman–Crippen LogP) is 2.21. The lowest BCUT2D eigenvalue weighted by molar-refractivity contribution is 0.578. The Morgan fingerprint density at radius 2 is 2.00 bits per heavy atom. The van der Waals surface area contributed by atoms with Crippen LogP contribution in [0.4, 0.5) is 0 Å². The number of hydrogen-bond donors (Lipinski definition) is 0. The van der Waals surface area contributed by atoms with Crippen molar-refractivity contribution in [3.8, 4) is 0 Å². The molecule has 2 aromatic heterocycles. The van der Waals surface area contributed by atoms with Crippen molar-refractivity contribution < 1.29 is 4.42 Å². The highest BCUT2D eigenvalue weighted by Gasteiger charge is 2.07. The number of aromatic nitrogens is 3. The number of benzene rings is 1. The zero-order chi connectivity index (χ0) is 11.7. The smallest absolute Gasteiger partial charge is 0.141 e. The molecule has 0 unspecified atom stereocenters. The van der Waals surface area contributed by atoms with E-state index in [1.807, 2.05) is 31.2 Å². The molecule has 3 aromatic rings. The molecule has 0 N–H and O–H groups in total. The van der Waals surface area contributed by atoms with Crippen LogP contribution in [0.1, 0.15) is 11.3 Å². The summed E-state index contributed by atoms with van der Waals surface area (Å²) in [7, 11) is 0. The van der Waals surface area contributed by atoms with Gasteiger partial charge in [-0.15, -0.1) is 10.2 Å². The topological polar surface area (TPSA) is 56.2 Å². The highest BCUT2D eigenvalue weighted by molar-refractivity contribution is 5.99. The van der Waals surface area contributed by atoms with E-state index in [1.165, 1.54) is 12.7 Å². The van der Waals surface area contributed by atoms with Gasteiger partial charge in [-0.2, -0.15) is 5.10 Å². The summed E-state index contributed by atoms with van der Waals surface area (Å²) in [5.41, 5.74) is 1.85. The summed E-state index contributed by atoms with van der Waals surface area (Å²) in [6, 6.07) is 7.89. The van der Waals surface area contributed by atoms with Crippen molar-refractivity contribution in [1.82, 2.24) is 14.9 Å². The van der Waals surface area contributed by atoms with Crippen LogP contribution in [0.5, 0.6) is 0 Å². The molecule has 0 amide bonds. The zero-order valence-corrected chi connectivity index (χ0v) is 9.24. The first kappa shape index (κ1) is 9.77. The molecule has 0 saturated carbocycles. The number of fused-ring (bicyclic) bond motifs is 1. The second-order valence-electron chi connectivity index (χ2n) is 3.65. The maximum Gasteiger partial charge on any atom is 0.141 e. The first-order chi connectivity index (χ1) is 8.34. The normalized spacial score (nSPS) is 11.6. The monoisotopic (exact) mass is 226 g/mol. The van der Waals surface area contributed by atoms with E-state index < -0.39 is 0 Å². The molecule has 1 aromatic carbocycles. The lowest BCUT2D eigenvalue weighted by Gasteiger charge is -1.91. The minimum atomic E-state index is 0.850. The molecule has 0 atom stereocenters. The molecule has 5 heteroatoms. The second-order valence-corrected chi connectivity index (χ2v) is 3.65. The largest absolute Gasteiger partial charge is 0.461 e. The highest BCUT2D eigenvalue weighted by Crippen LogP contribution is 2.23. The third-order valence-corrected chi connectivity index (χ3v) is 2.55. The number of hydrogen-bond acceptors (Lipinski definition) is 4. The Hall–Kier alpha value is -2.43. The lowest BCUT2D eigenvalue weighted by atomic mass is 10.1. The number of rotatable bonds is 2. The van der Waals surface area contributed by atoms with Gasteiger partial charge in [-0.1, -0.05) is 18.2 Å². The minimum absolute atomic E-state index is 0.850. The van der Waals surface area contributed by atoms with Gasteiger partial charge in [0.2, 0.25) is 0 Å². The van der Waals surface area contributed by atoms with Gasteiger partial charge in [0.15, 0.2) is 0 Å². The predicted molar refractivity (Wildman–Crippen MR) is 64.0 cm³/mol. The maximum atomic E-state index is 5.64. The molecular weight excluding hydrogens is 216 g/mol. The SMILES string of the molecule is Cc1oc2ccccc2c1/C=N/n1cnnc1. The number of furan rings is 1. The summed E-state index contributed by atoms with van der Waals surface area (Å²) in [6.45, 7) is 1.92. The van der Waals surface area contributed by atoms with Gasteiger partial charge < -0.3 is 4.42 Å². The van der Waals surface area contributed by atoms with Crippen LogP contribution in [0, 0.1) is 6.92 Å².